The molecule has 0 heterocycles. The number of nitrogens with zero attached hydrogens (tertiary/aromatic N) is 2. The van der Waals surface area contributed by atoms with Crippen molar-refractivity contribution in [3.63, 3.8) is 0 Å². The SMILES string of the molecule is CCC(C)(CC)c1ccc(-c2ccc(N(c3ccc(-c4ccccc4)cc3)c3ccc4c(c3)C3(CC(C)(C)C5=CCC(N(c6ccc(-c7ccccc7)cc6)c6ccc(-c7ccc(C(C)(CC)CC)cc7)cc6)C=C53)CC4(C)C)cc2)cc1. The summed E-state index contributed by atoms with van der Waals surface area (Å²) in [7, 11) is 0. The summed E-state index contributed by atoms with van der Waals surface area (Å²) in [5.41, 5.74) is 24.7. The molecule has 0 amide bonds. The highest BCUT2D eigenvalue weighted by Crippen LogP contribution is 2.67. The summed E-state index contributed by atoms with van der Waals surface area (Å²) in [6.07, 6.45) is 12.9. The van der Waals surface area contributed by atoms with Crippen LogP contribution in [0, 0.1) is 5.41 Å². The highest BCUT2D eigenvalue weighted by Gasteiger charge is 2.58. The first-order valence-electron chi connectivity index (χ1n) is 31.0. The van der Waals surface area contributed by atoms with Crippen molar-refractivity contribution in [2.75, 3.05) is 9.80 Å². The molecule has 1 spiro atoms. The third-order valence-electron chi connectivity index (χ3n) is 20.5. The van der Waals surface area contributed by atoms with Crippen molar-refractivity contribution in [3.8, 4) is 44.5 Å². The fraction of sp³-hybridized carbons (Fsp3) is 0.284. The summed E-state index contributed by atoms with van der Waals surface area (Å²) in [5.74, 6) is 0. The Morgan fingerprint density at radius 2 is 0.723 bits per heavy atom. The highest BCUT2D eigenvalue weighted by molar-refractivity contribution is 5.82. The monoisotopic (exact) mass is 1080 g/mol. The van der Waals surface area contributed by atoms with Gasteiger partial charge in [0.1, 0.15) is 0 Å². The molecular formula is C81H84N2. The summed E-state index contributed by atoms with van der Waals surface area (Å²) in [6, 6.07) is 85.0. The number of anilines is 5. The van der Waals surface area contributed by atoms with Gasteiger partial charge >= 0.3 is 0 Å². The van der Waals surface area contributed by atoms with Crippen LogP contribution in [0.4, 0.5) is 28.4 Å². The van der Waals surface area contributed by atoms with E-state index in [9.17, 15) is 0 Å². The van der Waals surface area contributed by atoms with Gasteiger partial charge in [0.25, 0.3) is 0 Å². The normalized spacial score (nSPS) is 17.8. The van der Waals surface area contributed by atoms with Crippen molar-refractivity contribution in [2.45, 2.75) is 142 Å². The molecule has 0 radical (unpaired) electrons. The lowest BCUT2D eigenvalue weighted by Crippen LogP contribution is -2.33. The molecule has 83 heavy (non-hydrogen) atoms. The van der Waals surface area contributed by atoms with Crippen LogP contribution in [0.1, 0.15) is 136 Å². The Hall–Kier alpha value is -7.94. The highest BCUT2D eigenvalue weighted by atomic mass is 15.2. The average Bonchev–Trinajstić information content (AvgIpc) is 1.80. The summed E-state index contributed by atoms with van der Waals surface area (Å²) < 4.78 is 0. The molecule has 418 valence electrons. The van der Waals surface area contributed by atoms with Crippen molar-refractivity contribution in [1.29, 1.82) is 0 Å². The van der Waals surface area contributed by atoms with Crippen LogP contribution in [0.15, 0.2) is 248 Å². The number of rotatable bonds is 16. The minimum absolute atomic E-state index is 0.0117. The first kappa shape index (κ1) is 55.6. The van der Waals surface area contributed by atoms with Crippen molar-refractivity contribution in [1.82, 2.24) is 0 Å². The second kappa shape index (κ2) is 22.0. The number of benzene rings is 9. The molecule has 0 N–H and O–H groups in total. The molecule has 0 saturated heterocycles. The topological polar surface area (TPSA) is 6.48 Å². The molecule has 1 saturated carbocycles. The van der Waals surface area contributed by atoms with Gasteiger partial charge in [-0.25, -0.2) is 0 Å². The predicted octanol–water partition coefficient (Wildman–Crippen LogP) is 22.8. The second-order valence-corrected chi connectivity index (χ2v) is 26.2. The van der Waals surface area contributed by atoms with Crippen molar-refractivity contribution < 1.29 is 0 Å². The standard InChI is InChI=1S/C81H84N2/c1-11-79(9,12-2)65-37-25-59(26-38-65)63-33-45-69(46-34-63)82(67-41-29-61(30-42-67)57-21-17-15-18-22-57)71-49-51-73-75(53-71)81(55-77(73,5)6)56-78(7,8)74-52-50-72(54-76(74)81)83(68-43-31-62(32-44-68)58-23-19-16-20-24-58)70-47-35-64(36-48-70)60-27-39-66(40-28-60)80(10,13-3)14-4/h15-49,51-54,72H,11-14,50,55-56H2,1-10H3. The molecule has 3 aliphatic rings. The lowest BCUT2D eigenvalue weighted by Gasteiger charge is -2.37. The van der Waals surface area contributed by atoms with Crippen molar-refractivity contribution in [3.05, 3.63) is 270 Å². The molecule has 1 fully saturated rings. The Morgan fingerprint density at radius 3 is 1.12 bits per heavy atom. The van der Waals surface area contributed by atoms with Gasteiger partial charge in [-0.15, -0.1) is 0 Å². The van der Waals surface area contributed by atoms with Crippen LogP contribution in [-0.2, 0) is 21.7 Å². The van der Waals surface area contributed by atoms with Gasteiger partial charge in [0.2, 0.25) is 0 Å². The van der Waals surface area contributed by atoms with Crippen LogP contribution >= 0.6 is 0 Å². The van der Waals surface area contributed by atoms with E-state index in [1.807, 2.05) is 0 Å². The van der Waals surface area contributed by atoms with Gasteiger partial charge in [-0.1, -0.05) is 245 Å². The Balaban J connectivity index is 0.949. The first-order valence-corrected chi connectivity index (χ1v) is 31.0. The number of allylic oxidation sites excluding steroid dienone is 2. The Kier molecular flexibility index (Phi) is 14.7. The third-order valence-corrected chi connectivity index (χ3v) is 20.5. The maximum absolute atomic E-state index is 2.72. The van der Waals surface area contributed by atoms with Gasteiger partial charge in [-0.05, 0) is 205 Å². The zero-order valence-corrected chi connectivity index (χ0v) is 50.9. The molecule has 9 aromatic rings. The zero-order chi connectivity index (χ0) is 57.7. The maximum Gasteiger partial charge on any atom is 0.0563 e. The molecule has 2 unspecified atom stereocenters. The fourth-order valence-electron chi connectivity index (χ4n) is 14.8. The lowest BCUT2D eigenvalue weighted by molar-refractivity contribution is 0.332. The molecule has 2 heteroatoms. The van der Waals surface area contributed by atoms with Crippen molar-refractivity contribution in [2.24, 2.45) is 5.41 Å². The first-order chi connectivity index (χ1) is 40.1. The van der Waals surface area contributed by atoms with E-state index in [0.717, 1.165) is 56.3 Å². The molecule has 12 rings (SSSR count). The van der Waals surface area contributed by atoms with E-state index < -0.39 is 0 Å². The number of fused-ring (bicyclic) bond motifs is 4. The smallest absolute Gasteiger partial charge is 0.0563 e. The summed E-state index contributed by atoms with van der Waals surface area (Å²) >= 11 is 0. The van der Waals surface area contributed by atoms with Crippen LogP contribution in [0.2, 0.25) is 0 Å². The van der Waals surface area contributed by atoms with Gasteiger partial charge < -0.3 is 9.80 Å². The van der Waals surface area contributed by atoms with E-state index in [4.69, 9.17) is 0 Å². The van der Waals surface area contributed by atoms with Gasteiger partial charge in [0, 0.05) is 33.9 Å². The summed E-state index contributed by atoms with van der Waals surface area (Å²) in [5, 5.41) is 0. The predicted molar refractivity (Wildman–Crippen MR) is 356 cm³/mol. The average molecular weight is 1090 g/mol. The zero-order valence-electron chi connectivity index (χ0n) is 50.9. The second-order valence-electron chi connectivity index (χ2n) is 26.2. The van der Waals surface area contributed by atoms with Crippen LogP contribution in [-0.4, -0.2) is 6.04 Å². The Morgan fingerprint density at radius 1 is 0.373 bits per heavy atom. The van der Waals surface area contributed by atoms with Gasteiger partial charge in [-0.3, -0.25) is 0 Å². The fourth-order valence-corrected chi connectivity index (χ4v) is 14.8. The molecular weight excluding hydrogens is 1000 g/mol. The van der Waals surface area contributed by atoms with E-state index in [-0.39, 0.29) is 33.1 Å². The summed E-state index contributed by atoms with van der Waals surface area (Å²) in [4.78, 5) is 5.12. The summed E-state index contributed by atoms with van der Waals surface area (Å²) in [6.45, 7) is 24.0. The van der Waals surface area contributed by atoms with E-state index in [0.29, 0.717) is 0 Å². The van der Waals surface area contributed by atoms with Crippen LogP contribution in [0.25, 0.3) is 44.5 Å². The Labute approximate surface area is 497 Å². The minimum Gasteiger partial charge on any atom is -0.334 e. The quantitative estimate of drug-likeness (QED) is 0.0951. The van der Waals surface area contributed by atoms with E-state index in [1.165, 1.54) is 95.0 Å². The molecule has 2 nitrogen and oxygen atoms in total. The third kappa shape index (κ3) is 10.2. The van der Waals surface area contributed by atoms with Crippen molar-refractivity contribution >= 4 is 28.4 Å². The molecule has 0 aliphatic heterocycles. The van der Waals surface area contributed by atoms with E-state index in [2.05, 4.69) is 316 Å². The van der Waals surface area contributed by atoms with Gasteiger partial charge in [0.05, 0.1) is 6.04 Å². The van der Waals surface area contributed by atoms with Crippen LogP contribution in [0.3, 0.4) is 0 Å². The van der Waals surface area contributed by atoms with E-state index >= 15 is 0 Å². The lowest BCUT2D eigenvalue weighted by atomic mass is 9.72. The molecule has 0 bridgehead atoms. The van der Waals surface area contributed by atoms with Gasteiger partial charge in [-0.2, -0.15) is 0 Å². The largest absolute Gasteiger partial charge is 0.334 e. The van der Waals surface area contributed by atoms with Crippen LogP contribution < -0.4 is 9.80 Å². The molecule has 0 aromatic heterocycles. The van der Waals surface area contributed by atoms with Gasteiger partial charge in [0.15, 0.2) is 0 Å². The number of hydrogen-bond acceptors (Lipinski definition) is 2. The minimum atomic E-state index is -0.183. The maximum atomic E-state index is 2.72. The van der Waals surface area contributed by atoms with Crippen LogP contribution in [0.5, 0.6) is 0 Å². The number of hydrogen-bond donors (Lipinski definition) is 0. The molecule has 9 aromatic carbocycles. The van der Waals surface area contributed by atoms with E-state index in [1.54, 1.807) is 0 Å². The Bertz CT molecular complexity index is 3780. The molecule has 2 atom stereocenters. The molecule has 3 aliphatic carbocycles.